The summed E-state index contributed by atoms with van der Waals surface area (Å²) in [5, 5.41) is 0. The van der Waals surface area contributed by atoms with Crippen molar-refractivity contribution >= 4 is 5.82 Å². The van der Waals surface area contributed by atoms with Crippen molar-refractivity contribution in [2.45, 2.75) is 31.6 Å². The predicted octanol–water partition coefficient (Wildman–Crippen LogP) is 2.03. The molecule has 0 bridgehead atoms. The van der Waals surface area contributed by atoms with Crippen molar-refractivity contribution < 1.29 is 13.2 Å². The summed E-state index contributed by atoms with van der Waals surface area (Å²) in [6, 6.07) is 2.07. The predicted molar refractivity (Wildman–Crippen MR) is 58.6 cm³/mol. The molecule has 2 atom stereocenters. The number of nitrogens with zero attached hydrogens (tertiary/aromatic N) is 2. The molecule has 6 heteroatoms. The van der Waals surface area contributed by atoms with Gasteiger partial charge in [0.2, 0.25) is 0 Å². The standard InChI is InChI=1S/C11H14F3N3/c1-7-9(15)3-5-17(7)10-6-8(2-4-16-10)11(12,13)14/h2,4,6-7,9H,3,5,15H2,1H3. The van der Waals surface area contributed by atoms with Crippen molar-refractivity contribution in [2.24, 2.45) is 5.73 Å². The second-order valence-electron chi connectivity index (χ2n) is 4.29. The Balaban J connectivity index is 2.28. The van der Waals surface area contributed by atoms with Gasteiger partial charge in [0.15, 0.2) is 0 Å². The first-order chi connectivity index (χ1) is 7.89. The van der Waals surface area contributed by atoms with Crippen molar-refractivity contribution in [3.05, 3.63) is 23.9 Å². The van der Waals surface area contributed by atoms with E-state index in [9.17, 15) is 13.2 Å². The molecule has 1 aliphatic rings. The molecule has 0 saturated carbocycles. The molecule has 2 rings (SSSR count). The minimum Gasteiger partial charge on any atom is -0.352 e. The van der Waals surface area contributed by atoms with E-state index in [2.05, 4.69) is 4.98 Å². The van der Waals surface area contributed by atoms with E-state index in [0.29, 0.717) is 12.4 Å². The molecule has 1 saturated heterocycles. The molecule has 0 amide bonds. The first-order valence-corrected chi connectivity index (χ1v) is 5.45. The molecule has 0 aromatic carbocycles. The molecule has 0 radical (unpaired) electrons. The van der Waals surface area contributed by atoms with Gasteiger partial charge in [-0.15, -0.1) is 0 Å². The Kier molecular flexibility index (Phi) is 2.99. The number of pyridine rings is 1. The second-order valence-corrected chi connectivity index (χ2v) is 4.29. The summed E-state index contributed by atoms with van der Waals surface area (Å²) >= 11 is 0. The van der Waals surface area contributed by atoms with Gasteiger partial charge in [-0.2, -0.15) is 13.2 Å². The molecule has 1 aromatic heterocycles. The van der Waals surface area contributed by atoms with Crippen molar-refractivity contribution in [3.63, 3.8) is 0 Å². The summed E-state index contributed by atoms with van der Waals surface area (Å²) in [5.74, 6) is 0.347. The van der Waals surface area contributed by atoms with Crippen molar-refractivity contribution in [1.82, 2.24) is 4.98 Å². The Morgan fingerprint density at radius 1 is 1.47 bits per heavy atom. The zero-order valence-corrected chi connectivity index (χ0v) is 9.41. The van der Waals surface area contributed by atoms with Crippen LogP contribution in [-0.2, 0) is 6.18 Å². The summed E-state index contributed by atoms with van der Waals surface area (Å²) in [7, 11) is 0. The summed E-state index contributed by atoms with van der Waals surface area (Å²) in [6.07, 6.45) is -2.36. The number of hydrogen-bond acceptors (Lipinski definition) is 3. The first kappa shape index (κ1) is 12.2. The van der Waals surface area contributed by atoms with E-state index in [1.54, 1.807) is 0 Å². The highest BCUT2D eigenvalue weighted by atomic mass is 19.4. The van der Waals surface area contributed by atoms with Crippen LogP contribution in [0.1, 0.15) is 18.9 Å². The second kappa shape index (κ2) is 4.18. The minimum absolute atomic E-state index is 0.00802. The van der Waals surface area contributed by atoms with Crippen LogP contribution in [-0.4, -0.2) is 23.6 Å². The van der Waals surface area contributed by atoms with Crippen LogP contribution in [0.15, 0.2) is 18.3 Å². The average Bonchev–Trinajstić information content (AvgIpc) is 2.59. The van der Waals surface area contributed by atoms with E-state index in [1.165, 1.54) is 6.20 Å². The molecule has 1 aromatic rings. The summed E-state index contributed by atoms with van der Waals surface area (Å²) in [4.78, 5) is 5.81. The number of nitrogens with two attached hydrogens (primary N) is 1. The summed E-state index contributed by atoms with van der Waals surface area (Å²) in [5.41, 5.74) is 5.17. The van der Waals surface area contributed by atoms with E-state index in [4.69, 9.17) is 5.73 Å². The molecule has 17 heavy (non-hydrogen) atoms. The highest BCUT2D eigenvalue weighted by Gasteiger charge is 2.33. The zero-order chi connectivity index (χ0) is 12.6. The lowest BCUT2D eigenvalue weighted by atomic mass is 10.1. The highest BCUT2D eigenvalue weighted by Crippen LogP contribution is 2.32. The smallest absolute Gasteiger partial charge is 0.352 e. The van der Waals surface area contributed by atoms with Crippen LogP contribution in [0.3, 0.4) is 0 Å². The molecular formula is C11H14F3N3. The molecule has 2 unspecified atom stereocenters. The van der Waals surface area contributed by atoms with Crippen LogP contribution in [0.25, 0.3) is 0 Å². The molecule has 1 aliphatic heterocycles. The van der Waals surface area contributed by atoms with Gasteiger partial charge >= 0.3 is 6.18 Å². The van der Waals surface area contributed by atoms with Gasteiger partial charge in [-0.3, -0.25) is 0 Å². The third kappa shape index (κ3) is 2.36. The quantitative estimate of drug-likeness (QED) is 0.823. The normalized spacial score (nSPS) is 25.4. The monoisotopic (exact) mass is 245 g/mol. The Bertz CT molecular complexity index is 405. The first-order valence-electron chi connectivity index (χ1n) is 5.45. The molecule has 94 valence electrons. The van der Waals surface area contributed by atoms with Crippen LogP contribution in [0.4, 0.5) is 19.0 Å². The van der Waals surface area contributed by atoms with Gasteiger partial charge in [-0.05, 0) is 25.5 Å². The third-order valence-corrected chi connectivity index (χ3v) is 3.18. The third-order valence-electron chi connectivity index (χ3n) is 3.18. The van der Waals surface area contributed by atoms with Crippen molar-refractivity contribution in [2.75, 3.05) is 11.4 Å². The largest absolute Gasteiger partial charge is 0.416 e. The molecular weight excluding hydrogens is 231 g/mol. The van der Waals surface area contributed by atoms with Gasteiger partial charge in [0.05, 0.1) is 5.56 Å². The molecule has 2 N–H and O–H groups in total. The number of anilines is 1. The summed E-state index contributed by atoms with van der Waals surface area (Å²) < 4.78 is 37.7. The maximum atomic E-state index is 12.6. The van der Waals surface area contributed by atoms with Crippen LogP contribution < -0.4 is 10.6 Å². The SMILES string of the molecule is CC1C(N)CCN1c1cc(C(F)(F)F)ccn1. The number of hydrogen-bond donors (Lipinski definition) is 1. The van der Waals surface area contributed by atoms with Gasteiger partial charge in [-0.1, -0.05) is 0 Å². The lowest BCUT2D eigenvalue weighted by Gasteiger charge is -2.24. The van der Waals surface area contributed by atoms with E-state index in [0.717, 1.165) is 18.6 Å². The van der Waals surface area contributed by atoms with E-state index in [1.807, 2.05) is 11.8 Å². The van der Waals surface area contributed by atoms with E-state index >= 15 is 0 Å². The van der Waals surface area contributed by atoms with Crippen LogP contribution in [0.5, 0.6) is 0 Å². The van der Waals surface area contributed by atoms with Gasteiger partial charge in [-0.25, -0.2) is 4.98 Å². The van der Waals surface area contributed by atoms with Gasteiger partial charge in [0.25, 0.3) is 0 Å². The Morgan fingerprint density at radius 3 is 2.71 bits per heavy atom. The van der Waals surface area contributed by atoms with Crippen molar-refractivity contribution in [1.29, 1.82) is 0 Å². The van der Waals surface area contributed by atoms with Crippen LogP contribution in [0.2, 0.25) is 0 Å². The van der Waals surface area contributed by atoms with Crippen LogP contribution in [0, 0.1) is 0 Å². The number of halogens is 3. The molecule has 2 heterocycles. The van der Waals surface area contributed by atoms with E-state index in [-0.39, 0.29) is 12.1 Å². The fraction of sp³-hybridized carbons (Fsp3) is 0.545. The Labute approximate surface area is 97.4 Å². The van der Waals surface area contributed by atoms with Gasteiger partial charge in [0.1, 0.15) is 5.82 Å². The average molecular weight is 245 g/mol. The molecule has 0 aliphatic carbocycles. The Morgan fingerprint density at radius 2 is 2.18 bits per heavy atom. The van der Waals surface area contributed by atoms with Crippen molar-refractivity contribution in [3.8, 4) is 0 Å². The van der Waals surface area contributed by atoms with Gasteiger partial charge < -0.3 is 10.6 Å². The number of aromatic nitrogens is 1. The summed E-state index contributed by atoms with van der Waals surface area (Å²) in [6.45, 7) is 2.55. The lowest BCUT2D eigenvalue weighted by molar-refractivity contribution is -0.137. The minimum atomic E-state index is -4.33. The maximum absolute atomic E-state index is 12.6. The molecule has 0 spiro atoms. The lowest BCUT2D eigenvalue weighted by Crippen LogP contribution is -2.37. The van der Waals surface area contributed by atoms with E-state index < -0.39 is 11.7 Å². The fourth-order valence-electron chi connectivity index (χ4n) is 2.04. The molecule has 1 fully saturated rings. The Hall–Kier alpha value is -1.30. The zero-order valence-electron chi connectivity index (χ0n) is 9.41. The fourth-order valence-corrected chi connectivity index (χ4v) is 2.04. The van der Waals surface area contributed by atoms with Crippen LogP contribution >= 0.6 is 0 Å². The topological polar surface area (TPSA) is 42.1 Å². The van der Waals surface area contributed by atoms with Gasteiger partial charge in [0, 0.05) is 24.8 Å². The highest BCUT2D eigenvalue weighted by molar-refractivity contribution is 5.44. The number of alkyl halides is 3. The molecule has 3 nitrogen and oxygen atoms in total. The maximum Gasteiger partial charge on any atom is 0.416 e. The number of rotatable bonds is 1.